The molecule has 0 aliphatic carbocycles. The van der Waals surface area contributed by atoms with Gasteiger partial charge in [0.1, 0.15) is 11.6 Å². The van der Waals surface area contributed by atoms with Crippen molar-refractivity contribution in [1.82, 2.24) is 4.98 Å². The summed E-state index contributed by atoms with van der Waals surface area (Å²) in [6.07, 6.45) is 0.928. The highest BCUT2D eigenvalue weighted by atomic mass is 32.2. The first-order chi connectivity index (χ1) is 13.6. The molecule has 0 N–H and O–H groups in total. The van der Waals surface area contributed by atoms with Gasteiger partial charge in [-0.15, -0.1) is 11.8 Å². The molecule has 0 spiro atoms. The largest absolute Gasteiger partial charge is 0.497 e. The number of ether oxygens (including phenoxy) is 1. The van der Waals surface area contributed by atoms with E-state index in [0.29, 0.717) is 0 Å². The van der Waals surface area contributed by atoms with E-state index in [9.17, 15) is 4.39 Å². The molecule has 0 saturated heterocycles. The predicted octanol–water partition coefficient (Wildman–Crippen LogP) is 5.78. The topological polar surface area (TPSA) is 25.4 Å². The molecule has 4 rings (SSSR count). The summed E-state index contributed by atoms with van der Waals surface area (Å²) >= 11 is 1.78. The summed E-state index contributed by atoms with van der Waals surface area (Å²) in [5.41, 5.74) is 4.27. The maximum atomic E-state index is 13.8. The van der Waals surface area contributed by atoms with E-state index in [4.69, 9.17) is 4.74 Å². The Hall–Kier alpha value is -2.53. The van der Waals surface area contributed by atoms with Crippen molar-refractivity contribution in [2.75, 3.05) is 18.6 Å². The summed E-state index contributed by atoms with van der Waals surface area (Å²) < 4.78 is 19.2. The number of hydrogen-bond acceptors (Lipinski definition) is 4. The minimum absolute atomic E-state index is 0.186. The van der Waals surface area contributed by atoms with Gasteiger partial charge < -0.3 is 9.64 Å². The van der Waals surface area contributed by atoms with Crippen molar-refractivity contribution < 1.29 is 9.13 Å². The lowest BCUT2D eigenvalue weighted by atomic mass is 10.1. The van der Waals surface area contributed by atoms with Crippen molar-refractivity contribution in [3.05, 3.63) is 83.4 Å². The molecule has 28 heavy (non-hydrogen) atoms. The third-order valence-corrected chi connectivity index (χ3v) is 6.33. The van der Waals surface area contributed by atoms with Crippen LogP contribution in [0.15, 0.2) is 65.6 Å². The zero-order valence-corrected chi connectivity index (χ0v) is 16.9. The molecule has 144 valence electrons. The number of hydrogen-bond donors (Lipinski definition) is 0. The Morgan fingerprint density at radius 2 is 2.00 bits per heavy atom. The van der Waals surface area contributed by atoms with Crippen LogP contribution in [0.5, 0.6) is 5.75 Å². The monoisotopic (exact) mass is 394 g/mol. The van der Waals surface area contributed by atoms with Crippen LogP contribution in [0.4, 0.5) is 10.1 Å². The highest BCUT2D eigenvalue weighted by Gasteiger charge is 2.24. The van der Waals surface area contributed by atoms with Crippen LogP contribution in [-0.2, 0) is 6.54 Å². The van der Waals surface area contributed by atoms with E-state index in [1.54, 1.807) is 31.0 Å². The zero-order chi connectivity index (χ0) is 19.5. The molecule has 1 aliphatic rings. The molecule has 0 amide bonds. The van der Waals surface area contributed by atoms with Crippen molar-refractivity contribution in [3.63, 3.8) is 0 Å². The fourth-order valence-electron chi connectivity index (χ4n) is 3.57. The van der Waals surface area contributed by atoms with Gasteiger partial charge in [-0.05, 0) is 61.4 Å². The molecule has 1 atom stereocenters. The molecule has 0 radical (unpaired) electrons. The molecule has 2 aromatic carbocycles. The second kappa shape index (κ2) is 8.23. The van der Waals surface area contributed by atoms with Crippen LogP contribution in [0.25, 0.3) is 0 Å². The van der Waals surface area contributed by atoms with Crippen molar-refractivity contribution in [2.45, 2.75) is 30.0 Å². The van der Waals surface area contributed by atoms with Crippen molar-refractivity contribution in [2.24, 2.45) is 0 Å². The number of benzene rings is 2. The second-order valence-corrected chi connectivity index (χ2v) is 8.22. The third kappa shape index (κ3) is 4.14. The molecule has 0 unspecified atom stereocenters. The first-order valence-corrected chi connectivity index (χ1v) is 10.3. The first kappa shape index (κ1) is 18.8. The maximum absolute atomic E-state index is 13.8. The summed E-state index contributed by atoms with van der Waals surface area (Å²) in [4.78, 5) is 8.19. The molecule has 3 nitrogen and oxygen atoms in total. The Balaban J connectivity index is 1.68. The van der Waals surface area contributed by atoms with Gasteiger partial charge in [0.15, 0.2) is 0 Å². The average Bonchev–Trinajstić information content (AvgIpc) is 2.87. The lowest BCUT2D eigenvalue weighted by Crippen LogP contribution is -2.24. The van der Waals surface area contributed by atoms with Crippen LogP contribution in [0.1, 0.15) is 28.6 Å². The first-order valence-electron chi connectivity index (χ1n) is 9.40. The van der Waals surface area contributed by atoms with E-state index in [2.05, 4.69) is 34.1 Å². The van der Waals surface area contributed by atoms with Crippen LogP contribution >= 0.6 is 11.8 Å². The second-order valence-electron chi connectivity index (χ2n) is 6.98. The minimum Gasteiger partial charge on any atom is -0.497 e. The zero-order valence-electron chi connectivity index (χ0n) is 16.1. The van der Waals surface area contributed by atoms with Gasteiger partial charge in [-0.25, -0.2) is 4.39 Å². The van der Waals surface area contributed by atoms with Gasteiger partial charge in [0.2, 0.25) is 0 Å². The molecule has 2 heterocycles. The van der Waals surface area contributed by atoms with Gasteiger partial charge >= 0.3 is 0 Å². The number of halogens is 1. The summed E-state index contributed by atoms with van der Waals surface area (Å²) in [6, 6.07) is 19.3. The maximum Gasteiger partial charge on any atom is 0.123 e. The molecule has 3 aromatic rings. The highest BCUT2D eigenvalue weighted by molar-refractivity contribution is 7.99. The van der Waals surface area contributed by atoms with E-state index in [0.717, 1.165) is 47.1 Å². The Morgan fingerprint density at radius 1 is 1.14 bits per heavy atom. The number of pyridine rings is 1. The van der Waals surface area contributed by atoms with Crippen LogP contribution < -0.4 is 9.64 Å². The lowest BCUT2D eigenvalue weighted by Gasteiger charge is -2.24. The number of aromatic nitrogens is 1. The SMILES string of the molecule is COc1ccc2c(c1)S[C@@H](c1cccc(F)c1)CCN2Cc1cccc(C)n1. The standard InChI is InChI=1S/C23H23FN2OS/c1-16-5-3-8-19(25-16)15-26-12-11-22(17-6-4-7-18(24)13-17)28-23-14-20(27-2)9-10-21(23)26/h3-10,13-14,22H,11-12,15H2,1-2H3/t22-/m1/s1. The van der Waals surface area contributed by atoms with Crippen molar-refractivity contribution >= 4 is 17.4 Å². The molecule has 1 aromatic heterocycles. The van der Waals surface area contributed by atoms with Crippen LogP contribution in [-0.4, -0.2) is 18.6 Å². The van der Waals surface area contributed by atoms with Gasteiger partial charge in [0.05, 0.1) is 25.0 Å². The van der Waals surface area contributed by atoms with Gasteiger partial charge in [0, 0.05) is 22.4 Å². The van der Waals surface area contributed by atoms with Crippen LogP contribution in [0.2, 0.25) is 0 Å². The number of fused-ring (bicyclic) bond motifs is 1. The normalized spacial score (nSPS) is 16.4. The lowest BCUT2D eigenvalue weighted by molar-refractivity contribution is 0.413. The molecule has 0 fully saturated rings. The molecule has 5 heteroatoms. The summed E-state index contributed by atoms with van der Waals surface area (Å²) in [7, 11) is 1.68. The van der Waals surface area contributed by atoms with E-state index in [1.807, 2.05) is 25.1 Å². The van der Waals surface area contributed by atoms with E-state index < -0.39 is 0 Å². The van der Waals surface area contributed by atoms with Crippen molar-refractivity contribution in [3.8, 4) is 5.75 Å². The number of rotatable bonds is 4. The van der Waals surface area contributed by atoms with Gasteiger partial charge in [-0.3, -0.25) is 4.98 Å². The Bertz CT molecular complexity index is 978. The van der Waals surface area contributed by atoms with Crippen LogP contribution in [0.3, 0.4) is 0 Å². The third-order valence-electron chi connectivity index (χ3n) is 4.96. The Morgan fingerprint density at radius 3 is 2.79 bits per heavy atom. The predicted molar refractivity (Wildman–Crippen MR) is 113 cm³/mol. The fourth-order valence-corrected chi connectivity index (χ4v) is 4.89. The number of nitrogens with zero attached hydrogens (tertiary/aromatic N) is 2. The smallest absolute Gasteiger partial charge is 0.123 e. The molecular formula is C23H23FN2OS. The summed E-state index contributed by atoms with van der Waals surface area (Å²) in [5, 5.41) is 0.192. The van der Waals surface area contributed by atoms with Gasteiger partial charge in [-0.2, -0.15) is 0 Å². The van der Waals surface area contributed by atoms with E-state index in [-0.39, 0.29) is 11.1 Å². The molecule has 0 saturated carbocycles. The summed E-state index contributed by atoms with van der Waals surface area (Å²) in [5.74, 6) is 0.647. The Kier molecular flexibility index (Phi) is 5.53. The van der Waals surface area contributed by atoms with E-state index >= 15 is 0 Å². The minimum atomic E-state index is -0.186. The number of aryl methyl sites for hydroxylation is 1. The molecule has 0 bridgehead atoms. The van der Waals surface area contributed by atoms with Gasteiger partial charge in [0.25, 0.3) is 0 Å². The van der Waals surface area contributed by atoms with Crippen LogP contribution in [0, 0.1) is 12.7 Å². The quantitative estimate of drug-likeness (QED) is 0.560. The summed E-state index contributed by atoms with van der Waals surface area (Å²) in [6.45, 7) is 3.64. The number of anilines is 1. The highest BCUT2D eigenvalue weighted by Crippen LogP contribution is 2.46. The molecule has 1 aliphatic heterocycles. The van der Waals surface area contributed by atoms with E-state index in [1.165, 1.54) is 11.8 Å². The van der Waals surface area contributed by atoms with Gasteiger partial charge in [-0.1, -0.05) is 18.2 Å². The Labute approximate surface area is 169 Å². The molecular weight excluding hydrogens is 371 g/mol. The number of thioether (sulfide) groups is 1. The van der Waals surface area contributed by atoms with Crippen molar-refractivity contribution in [1.29, 1.82) is 0 Å². The fraction of sp³-hybridized carbons (Fsp3) is 0.261. The average molecular weight is 395 g/mol. The number of methoxy groups -OCH3 is 1.